The largest absolute Gasteiger partial charge is 0.523 e. The Kier molecular flexibility index (Phi) is 4.01. The van der Waals surface area contributed by atoms with Crippen LogP contribution in [0.2, 0.25) is 0 Å². The molecule has 128 valence electrons. The van der Waals surface area contributed by atoms with Gasteiger partial charge in [0.1, 0.15) is 5.69 Å². The molecule has 0 unspecified atom stereocenters. The van der Waals surface area contributed by atoms with Crippen molar-refractivity contribution in [2.75, 3.05) is 6.54 Å². The Morgan fingerprint density at radius 3 is 2.79 bits per heavy atom. The number of hydrogen-bond donors (Lipinski definition) is 1. The first-order chi connectivity index (χ1) is 11.2. The molecular weight excluding hydrogens is 347 g/mol. The van der Waals surface area contributed by atoms with Crippen molar-refractivity contribution in [1.29, 1.82) is 0 Å². The third-order valence-corrected chi connectivity index (χ3v) is 4.53. The van der Waals surface area contributed by atoms with Gasteiger partial charge in [-0.1, -0.05) is 23.5 Å². The first kappa shape index (κ1) is 16.7. The molecular formula is C13H12F3N5O2S. The average Bonchev–Trinajstić information content (AvgIpc) is 2.96. The number of nitrogens with zero attached hydrogens (tertiary/aromatic N) is 4. The maximum Gasteiger partial charge on any atom is 0.523 e. The summed E-state index contributed by atoms with van der Waals surface area (Å²) in [7, 11) is 0. The summed E-state index contributed by atoms with van der Waals surface area (Å²) >= 11 is 0.817. The lowest BCUT2D eigenvalue weighted by Gasteiger charge is -2.30. The molecule has 1 atom stereocenters. The molecule has 0 spiro atoms. The molecule has 0 saturated carbocycles. The molecule has 1 aliphatic rings. The molecule has 0 radical (unpaired) electrons. The van der Waals surface area contributed by atoms with Crippen LogP contribution >= 0.6 is 11.3 Å². The first-order valence-electron chi connectivity index (χ1n) is 6.83. The summed E-state index contributed by atoms with van der Waals surface area (Å²) in [5, 5.41) is 11.4. The lowest BCUT2D eigenvalue weighted by Crippen LogP contribution is -2.35. The van der Waals surface area contributed by atoms with E-state index in [1.807, 2.05) is 0 Å². The van der Waals surface area contributed by atoms with Gasteiger partial charge in [0.15, 0.2) is 10.6 Å². The standard InChI is InChI=1S/C13H12F3N5O2S/c1-7-9(22)21-11(19-18-7)24-10(20-21)12(23-13(14,15)16)4-2-8(6-17)3-5-12/h2-4H,5-6,17H2,1H3/t12-/m0/s1. The zero-order chi connectivity index (χ0) is 17.5. The van der Waals surface area contributed by atoms with Gasteiger partial charge in [0.05, 0.1) is 0 Å². The number of rotatable bonds is 3. The minimum Gasteiger partial charge on any atom is -0.327 e. The van der Waals surface area contributed by atoms with Crippen molar-refractivity contribution in [3.8, 4) is 0 Å². The van der Waals surface area contributed by atoms with Crippen molar-refractivity contribution in [1.82, 2.24) is 19.8 Å². The molecule has 24 heavy (non-hydrogen) atoms. The highest BCUT2D eigenvalue weighted by molar-refractivity contribution is 7.16. The maximum atomic E-state index is 12.9. The SMILES string of the molecule is Cc1nnc2sc([C@]3(OC(F)(F)F)C=CC(CN)=CC3)nn2c1=O. The molecule has 2 heterocycles. The molecule has 2 aromatic rings. The van der Waals surface area contributed by atoms with Crippen LogP contribution in [0.15, 0.2) is 28.6 Å². The van der Waals surface area contributed by atoms with E-state index in [0.29, 0.717) is 5.57 Å². The van der Waals surface area contributed by atoms with E-state index in [0.717, 1.165) is 15.9 Å². The fourth-order valence-corrected chi connectivity index (χ4v) is 3.21. The van der Waals surface area contributed by atoms with Crippen LogP contribution in [-0.2, 0) is 10.3 Å². The van der Waals surface area contributed by atoms with E-state index >= 15 is 0 Å². The van der Waals surface area contributed by atoms with E-state index in [9.17, 15) is 18.0 Å². The van der Waals surface area contributed by atoms with E-state index < -0.39 is 17.5 Å². The molecule has 2 aromatic heterocycles. The van der Waals surface area contributed by atoms with Crippen LogP contribution in [0, 0.1) is 6.92 Å². The fraction of sp³-hybridized carbons (Fsp3) is 0.385. The third kappa shape index (κ3) is 2.97. The summed E-state index contributed by atoms with van der Waals surface area (Å²) in [5.74, 6) is 0. The van der Waals surface area contributed by atoms with Gasteiger partial charge in [0.25, 0.3) is 5.56 Å². The van der Waals surface area contributed by atoms with E-state index in [-0.39, 0.29) is 28.6 Å². The zero-order valence-electron chi connectivity index (χ0n) is 12.4. The Balaban J connectivity index is 2.13. The molecule has 0 aliphatic heterocycles. The Bertz CT molecular complexity index is 901. The lowest BCUT2D eigenvalue weighted by atomic mass is 9.92. The monoisotopic (exact) mass is 359 g/mol. The van der Waals surface area contributed by atoms with Gasteiger partial charge in [-0.15, -0.1) is 23.4 Å². The smallest absolute Gasteiger partial charge is 0.327 e. The second-order valence-corrected chi connectivity index (χ2v) is 6.11. The topological polar surface area (TPSA) is 95.4 Å². The van der Waals surface area contributed by atoms with Crippen molar-refractivity contribution in [2.24, 2.45) is 5.73 Å². The third-order valence-electron chi connectivity index (χ3n) is 3.48. The fourth-order valence-electron chi connectivity index (χ4n) is 2.26. The number of alkyl halides is 3. The molecule has 11 heteroatoms. The van der Waals surface area contributed by atoms with Crippen LogP contribution in [-0.4, -0.2) is 32.7 Å². The van der Waals surface area contributed by atoms with Gasteiger partial charge < -0.3 is 5.73 Å². The predicted molar refractivity (Wildman–Crippen MR) is 79.4 cm³/mol. The second-order valence-electron chi connectivity index (χ2n) is 5.15. The van der Waals surface area contributed by atoms with Crippen LogP contribution < -0.4 is 11.3 Å². The number of ether oxygens (including phenoxy) is 1. The highest BCUT2D eigenvalue weighted by Crippen LogP contribution is 2.41. The van der Waals surface area contributed by atoms with Crippen molar-refractivity contribution >= 4 is 16.3 Å². The van der Waals surface area contributed by atoms with Gasteiger partial charge in [-0.25, -0.2) is 0 Å². The molecule has 2 N–H and O–H groups in total. The molecule has 7 nitrogen and oxygen atoms in total. The summed E-state index contributed by atoms with van der Waals surface area (Å²) in [6.07, 6.45) is -0.733. The molecule has 3 rings (SSSR count). The second kappa shape index (κ2) is 5.76. The summed E-state index contributed by atoms with van der Waals surface area (Å²) < 4.78 is 44.1. The van der Waals surface area contributed by atoms with Crippen LogP contribution in [0.25, 0.3) is 4.96 Å². The van der Waals surface area contributed by atoms with Crippen molar-refractivity contribution < 1.29 is 17.9 Å². The minimum atomic E-state index is -4.89. The molecule has 0 bridgehead atoms. The summed E-state index contributed by atoms with van der Waals surface area (Å²) in [4.78, 5) is 12.1. The molecule has 0 fully saturated rings. The van der Waals surface area contributed by atoms with Crippen molar-refractivity contribution in [3.05, 3.63) is 44.9 Å². The lowest BCUT2D eigenvalue weighted by molar-refractivity contribution is -0.361. The van der Waals surface area contributed by atoms with E-state index in [4.69, 9.17) is 5.73 Å². The van der Waals surface area contributed by atoms with Gasteiger partial charge in [-0.05, 0) is 18.6 Å². The maximum absolute atomic E-state index is 12.9. The number of hydrogen-bond acceptors (Lipinski definition) is 7. The van der Waals surface area contributed by atoms with E-state index in [1.54, 1.807) is 6.08 Å². The normalized spacial score (nSPS) is 21.3. The van der Waals surface area contributed by atoms with Gasteiger partial charge in [-0.2, -0.15) is 9.61 Å². The number of aromatic nitrogens is 4. The van der Waals surface area contributed by atoms with Crippen molar-refractivity contribution in [3.63, 3.8) is 0 Å². The van der Waals surface area contributed by atoms with Crippen LogP contribution in [0.3, 0.4) is 0 Å². The van der Waals surface area contributed by atoms with Gasteiger partial charge in [0, 0.05) is 13.0 Å². The first-order valence-corrected chi connectivity index (χ1v) is 7.65. The van der Waals surface area contributed by atoms with Crippen LogP contribution in [0.1, 0.15) is 17.1 Å². The van der Waals surface area contributed by atoms with Crippen LogP contribution in [0.5, 0.6) is 0 Å². The zero-order valence-corrected chi connectivity index (χ0v) is 13.2. The summed E-state index contributed by atoms with van der Waals surface area (Å²) in [5.41, 5.74) is 3.87. The summed E-state index contributed by atoms with van der Waals surface area (Å²) in [6, 6.07) is 0. The van der Waals surface area contributed by atoms with E-state index in [2.05, 4.69) is 20.0 Å². The highest BCUT2D eigenvalue weighted by Gasteiger charge is 2.46. The quantitative estimate of drug-likeness (QED) is 0.891. The Morgan fingerprint density at radius 1 is 1.46 bits per heavy atom. The van der Waals surface area contributed by atoms with Crippen LogP contribution in [0.4, 0.5) is 13.2 Å². The number of halogens is 3. The number of aryl methyl sites for hydroxylation is 1. The average molecular weight is 359 g/mol. The highest BCUT2D eigenvalue weighted by atomic mass is 32.1. The molecule has 0 aromatic carbocycles. The van der Waals surface area contributed by atoms with Gasteiger partial charge in [-0.3, -0.25) is 9.53 Å². The van der Waals surface area contributed by atoms with Gasteiger partial charge >= 0.3 is 6.36 Å². The molecule has 0 saturated heterocycles. The van der Waals surface area contributed by atoms with Gasteiger partial charge in [0.2, 0.25) is 4.96 Å². The number of fused-ring (bicyclic) bond motifs is 1. The van der Waals surface area contributed by atoms with E-state index in [1.165, 1.54) is 19.1 Å². The molecule has 0 amide bonds. The van der Waals surface area contributed by atoms with Crippen molar-refractivity contribution in [2.45, 2.75) is 25.3 Å². The predicted octanol–water partition coefficient (Wildman–Crippen LogP) is 1.43. The Hall–Kier alpha value is -2.11. The minimum absolute atomic E-state index is 0.0413. The Labute approximate surface area is 137 Å². The molecule has 1 aliphatic carbocycles. The summed E-state index contributed by atoms with van der Waals surface area (Å²) in [6.45, 7) is 1.64. The Morgan fingerprint density at radius 2 is 2.21 bits per heavy atom. The number of nitrogens with two attached hydrogens (primary N) is 1.